The molecule has 1 N–H and O–H groups in total. The molecule has 1 amide bonds. The van der Waals surface area contributed by atoms with Crippen molar-refractivity contribution in [2.24, 2.45) is 0 Å². The topological polar surface area (TPSA) is 67.3 Å². The minimum Gasteiger partial charge on any atom is -0.372 e. The van der Waals surface area contributed by atoms with E-state index in [0.29, 0.717) is 19.7 Å². The third-order valence-electron chi connectivity index (χ3n) is 4.62. The van der Waals surface area contributed by atoms with E-state index < -0.39 is 0 Å². The van der Waals surface area contributed by atoms with Crippen molar-refractivity contribution in [2.75, 3.05) is 38.2 Å². The van der Waals surface area contributed by atoms with Gasteiger partial charge in [0.1, 0.15) is 18.8 Å². The maximum Gasteiger partial charge on any atom is 0.248 e. The zero-order valence-corrected chi connectivity index (χ0v) is 15.3. The number of benzene rings is 1. The molecule has 3 rings (SSSR count). The van der Waals surface area contributed by atoms with Crippen molar-refractivity contribution in [3.63, 3.8) is 0 Å². The van der Waals surface area contributed by atoms with Crippen molar-refractivity contribution in [2.45, 2.75) is 26.2 Å². The van der Waals surface area contributed by atoms with Crippen LogP contribution in [0.5, 0.6) is 0 Å². The lowest BCUT2D eigenvalue weighted by molar-refractivity contribution is -0.135. The molecule has 138 valence electrons. The average molecular weight is 354 g/mol. The number of rotatable bonds is 7. The van der Waals surface area contributed by atoms with E-state index in [4.69, 9.17) is 4.74 Å². The highest BCUT2D eigenvalue weighted by molar-refractivity contribution is 5.77. The molecule has 0 saturated heterocycles. The van der Waals surface area contributed by atoms with Crippen LogP contribution in [0.25, 0.3) is 0 Å². The lowest BCUT2D eigenvalue weighted by Crippen LogP contribution is -2.36. The Balaban J connectivity index is 1.61. The van der Waals surface area contributed by atoms with Crippen molar-refractivity contribution in [1.29, 1.82) is 0 Å². The van der Waals surface area contributed by atoms with Crippen molar-refractivity contribution >= 4 is 11.7 Å². The van der Waals surface area contributed by atoms with Gasteiger partial charge in [-0.2, -0.15) is 0 Å². The number of nitrogens with one attached hydrogen (secondary N) is 1. The number of aromatic nitrogens is 2. The van der Waals surface area contributed by atoms with Crippen LogP contribution in [0.15, 0.2) is 36.7 Å². The Labute approximate surface area is 154 Å². The summed E-state index contributed by atoms with van der Waals surface area (Å²) in [5.74, 6) is 0.941. The van der Waals surface area contributed by atoms with Crippen LogP contribution in [0, 0.1) is 0 Å². The van der Waals surface area contributed by atoms with Gasteiger partial charge in [0.2, 0.25) is 5.91 Å². The van der Waals surface area contributed by atoms with Gasteiger partial charge in [0.25, 0.3) is 0 Å². The standard InChI is InChI=1S/C20H26N4O2/c1-2-26-14-19(25)24-12-9-17-18(10-13-24)22-15-23-20(17)21-11-8-16-6-4-3-5-7-16/h3-7,15H,2,8-14H2,1H3,(H,21,22,23). The van der Waals surface area contributed by atoms with E-state index in [1.807, 2.05) is 17.9 Å². The quantitative estimate of drug-likeness (QED) is 0.825. The highest BCUT2D eigenvalue weighted by atomic mass is 16.5. The van der Waals surface area contributed by atoms with E-state index in [2.05, 4.69) is 39.6 Å². The van der Waals surface area contributed by atoms with Crippen LogP contribution in [-0.4, -0.2) is 53.6 Å². The lowest BCUT2D eigenvalue weighted by Gasteiger charge is -2.19. The first-order chi connectivity index (χ1) is 12.8. The summed E-state index contributed by atoms with van der Waals surface area (Å²) in [7, 11) is 0. The first-order valence-electron chi connectivity index (χ1n) is 9.24. The minimum absolute atomic E-state index is 0.0474. The first-order valence-corrected chi connectivity index (χ1v) is 9.24. The molecule has 0 radical (unpaired) electrons. The Hall–Kier alpha value is -2.47. The third-order valence-corrected chi connectivity index (χ3v) is 4.62. The van der Waals surface area contributed by atoms with Crippen LogP contribution in [0.1, 0.15) is 23.7 Å². The van der Waals surface area contributed by atoms with Gasteiger partial charge in [-0.25, -0.2) is 9.97 Å². The van der Waals surface area contributed by atoms with Crippen LogP contribution < -0.4 is 5.32 Å². The highest BCUT2D eigenvalue weighted by Crippen LogP contribution is 2.20. The maximum atomic E-state index is 12.2. The fourth-order valence-corrected chi connectivity index (χ4v) is 3.18. The number of amides is 1. The Morgan fingerprint density at radius 3 is 2.81 bits per heavy atom. The summed E-state index contributed by atoms with van der Waals surface area (Å²) in [5, 5.41) is 3.45. The van der Waals surface area contributed by atoms with Crippen LogP contribution in [0.2, 0.25) is 0 Å². The molecule has 1 aliphatic heterocycles. The average Bonchev–Trinajstić information content (AvgIpc) is 2.90. The number of nitrogens with zero attached hydrogens (tertiary/aromatic N) is 3. The van der Waals surface area contributed by atoms with Gasteiger partial charge in [-0.1, -0.05) is 30.3 Å². The molecule has 2 aromatic rings. The summed E-state index contributed by atoms with van der Waals surface area (Å²) in [6, 6.07) is 10.4. The zero-order chi connectivity index (χ0) is 18.2. The molecular formula is C20H26N4O2. The monoisotopic (exact) mass is 354 g/mol. The van der Waals surface area contributed by atoms with E-state index in [1.54, 1.807) is 6.33 Å². The molecule has 1 aliphatic rings. The van der Waals surface area contributed by atoms with Gasteiger partial charge in [0, 0.05) is 38.2 Å². The smallest absolute Gasteiger partial charge is 0.248 e. The van der Waals surface area contributed by atoms with Gasteiger partial charge in [0.15, 0.2) is 0 Å². The highest BCUT2D eigenvalue weighted by Gasteiger charge is 2.21. The van der Waals surface area contributed by atoms with E-state index in [1.165, 1.54) is 5.56 Å². The third kappa shape index (κ3) is 4.79. The first kappa shape index (κ1) is 18.3. The molecule has 1 aromatic carbocycles. The fraction of sp³-hybridized carbons (Fsp3) is 0.450. The molecular weight excluding hydrogens is 328 g/mol. The zero-order valence-electron chi connectivity index (χ0n) is 15.3. The predicted octanol–water partition coefficient (Wildman–Crippen LogP) is 2.09. The van der Waals surface area contributed by atoms with E-state index in [0.717, 1.165) is 42.9 Å². The van der Waals surface area contributed by atoms with Crippen molar-refractivity contribution in [1.82, 2.24) is 14.9 Å². The molecule has 2 heterocycles. The van der Waals surface area contributed by atoms with Crippen LogP contribution in [0.3, 0.4) is 0 Å². The van der Waals surface area contributed by atoms with Gasteiger partial charge >= 0.3 is 0 Å². The number of carbonyl (C=O) groups is 1. The fourth-order valence-electron chi connectivity index (χ4n) is 3.18. The number of carbonyl (C=O) groups excluding carboxylic acids is 1. The summed E-state index contributed by atoms with van der Waals surface area (Å²) in [4.78, 5) is 23.0. The van der Waals surface area contributed by atoms with Crippen molar-refractivity contribution < 1.29 is 9.53 Å². The molecule has 0 bridgehead atoms. The number of hydrogen-bond donors (Lipinski definition) is 1. The summed E-state index contributed by atoms with van der Waals surface area (Å²) in [6.45, 7) is 4.79. The second-order valence-electron chi connectivity index (χ2n) is 6.33. The van der Waals surface area contributed by atoms with E-state index in [9.17, 15) is 4.79 Å². The number of fused-ring (bicyclic) bond motifs is 1. The van der Waals surface area contributed by atoms with Crippen LogP contribution >= 0.6 is 0 Å². The molecule has 1 aromatic heterocycles. The van der Waals surface area contributed by atoms with Crippen LogP contribution in [0.4, 0.5) is 5.82 Å². The second kappa shape index (κ2) is 9.29. The summed E-state index contributed by atoms with van der Waals surface area (Å²) < 4.78 is 5.25. The molecule has 6 heteroatoms. The summed E-state index contributed by atoms with van der Waals surface area (Å²) in [6.07, 6.45) is 4.07. The Kier molecular flexibility index (Phi) is 6.55. The minimum atomic E-state index is 0.0474. The van der Waals surface area contributed by atoms with Gasteiger partial charge in [-0.15, -0.1) is 0 Å². The van der Waals surface area contributed by atoms with Gasteiger partial charge in [-0.3, -0.25) is 4.79 Å². The second-order valence-corrected chi connectivity index (χ2v) is 6.33. The van der Waals surface area contributed by atoms with E-state index in [-0.39, 0.29) is 12.5 Å². The van der Waals surface area contributed by atoms with Gasteiger partial charge in [0.05, 0.1) is 5.69 Å². The Morgan fingerprint density at radius 2 is 2.00 bits per heavy atom. The van der Waals surface area contributed by atoms with Gasteiger partial charge < -0.3 is 15.0 Å². The normalized spacial score (nSPS) is 13.8. The molecule has 0 saturated carbocycles. The number of hydrogen-bond acceptors (Lipinski definition) is 5. The largest absolute Gasteiger partial charge is 0.372 e. The molecule has 0 fully saturated rings. The summed E-state index contributed by atoms with van der Waals surface area (Å²) in [5.41, 5.74) is 3.47. The van der Waals surface area contributed by atoms with Gasteiger partial charge in [-0.05, 0) is 25.3 Å². The number of anilines is 1. The maximum absolute atomic E-state index is 12.2. The molecule has 26 heavy (non-hydrogen) atoms. The Bertz CT molecular complexity index is 721. The molecule has 0 aliphatic carbocycles. The summed E-state index contributed by atoms with van der Waals surface area (Å²) >= 11 is 0. The SMILES string of the molecule is CCOCC(=O)N1CCc2ncnc(NCCc3ccccc3)c2CC1. The number of ether oxygens (including phenoxy) is 1. The molecule has 0 unspecified atom stereocenters. The lowest BCUT2D eigenvalue weighted by atomic mass is 10.1. The van der Waals surface area contributed by atoms with Crippen LogP contribution in [-0.2, 0) is 28.8 Å². The molecule has 0 atom stereocenters. The predicted molar refractivity (Wildman–Crippen MR) is 101 cm³/mol. The molecule has 6 nitrogen and oxygen atoms in total. The van der Waals surface area contributed by atoms with Crippen molar-refractivity contribution in [3.8, 4) is 0 Å². The van der Waals surface area contributed by atoms with E-state index >= 15 is 0 Å². The Morgan fingerprint density at radius 1 is 1.19 bits per heavy atom. The van der Waals surface area contributed by atoms with Crippen molar-refractivity contribution in [3.05, 3.63) is 53.5 Å². The molecule has 0 spiro atoms.